The van der Waals surface area contributed by atoms with Gasteiger partial charge in [-0.25, -0.2) is 4.98 Å². The van der Waals surface area contributed by atoms with Crippen LogP contribution < -0.4 is 0 Å². The Balaban J connectivity index is 1.96. The Morgan fingerprint density at radius 3 is 2.45 bits per heavy atom. The first-order valence-corrected chi connectivity index (χ1v) is 8.81. The zero-order valence-electron chi connectivity index (χ0n) is 13.4. The predicted octanol–water partition coefficient (Wildman–Crippen LogP) is 3.44. The van der Waals surface area contributed by atoms with Crippen LogP contribution in [-0.4, -0.2) is 53.0 Å². The summed E-state index contributed by atoms with van der Waals surface area (Å²) >= 11 is 1.81. The first kappa shape index (κ1) is 15.9. The van der Waals surface area contributed by atoms with Crippen molar-refractivity contribution in [2.24, 2.45) is 0 Å². The zero-order valence-corrected chi connectivity index (χ0v) is 14.2. The third-order valence-electron chi connectivity index (χ3n) is 4.71. The van der Waals surface area contributed by atoms with Crippen molar-refractivity contribution in [2.45, 2.75) is 52.0 Å². The van der Waals surface area contributed by atoms with Crippen molar-refractivity contribution in [3.63, 3.8) is 0 Å². The van der Waals surface area contributed by atoms with Gasteiger partial charge in [0.05, 0.1) is 5.01 Å². The van der Waals surface area contributed by atoms with Crippen LogP contribution in [0.2, 0.25) is 0 Å². The van der Waals surface area contributed by atoms with Gasteiger partial charge >= 0.3 is 0 Å². The number of hydrogen-bond donors (Lipinski definition) is 0. The van der Waals surface area contributed by atoms with Crippen molar-refractivity contribution >= 4 is 11.3 Å². The molecular formula is C16H29N3S. The fourth-order valence-corrected chi connectivity index (χ4v) is 4.07. The topological polar surface area (TPSA) is 19.4 Å². The van der Waals surface area contributed by atoms with E-state index in [0.29, 0.717) is 5.92 Å². The van der Waals surface area contributed by atoms with Crippen molar-refractivity contribution in [2.75, 3.05) is 32.7 Å². The third-order valence-corrected chi connectivity index (χ3v) is 5.65. The van der Waals surface area contributed by atoms with Gasteiger partial charge in [0.25, 0.3) is 0 Å². The predicted molar refractivity (Wildman–Crippen MR) is 87.5 cm³/mol. The van der Waals surface area contributed by atoms with Crippen molar-refractivity contribution in [1.82, 2.24) is 14.8 Å². The van der Waals surface area contributed by atoms with Gasteiger partial charge in [-0.05, 0) is 33.2 Å². The summed E-state index contributed by atoms with van der Waals surface area (Å²) in [5.74, 6) is 0.606. The minimum Gasteiger partial charge on any atom is -0.301 e. The van der Waals surface area contributed by atoms with Gasteiger partial charge in [0, 0.05) is 49.2 Å². The Labute approximate surface area is 128 Å². The van der Waals surface area contributed by atoms with Gasteiger partial charge < -0.3 is 4.90 Å². The van der Waals surface area contributed by atoms with Crippen LogP contribution in [0.25, 0.3) is 0 Å². The standard InChI is InChI=1S/C16H29N3S/c1-5-14(15-17-7-12-20-15)13-16(3,4)19-10-8-18(6-2)9-11-19/h7,12,14H,5-6,8-11,13H2,1-4H3. The minimum atomic E-state index is 0.270. The molecule has 0 radical (unpaired) electrons. The lowest BCUT2D eigenvalue weighted by Gasteiger charge is -2.45. The van der Waals surface area contributed by atoms with E-state index in [2.05, 4.69) is 47.9 Å². The SMILES string of the molecule is CCC(CC(C)(C)N1CCN(CC)CC1)c1nccs1. The molecule has 2 heterocycles. The van der Waals surface area contributed by atoms with Crippen LogP contribution in [0.5, 0.6) is 0 Å². The maximum atomic E-state index is 4.53. The number of piperazine rings is 1. The van der Waals surface area contributed by atoms with Crippen molar-refractivity contribution < 1.29 is 0 Å². The van der Waals surface area contributed by atoms with Crippen LogP contribution in [0.4, 0.5) is 0 Å². The molecular weight excluding hydrogens is 266 g/mol. The lowest BCUT2D eigenvalue weighted by atomic mass is 9.87. The fraction of sp³-hybridized carbons (Fsp3) is 0.812. The summed E-state index contributed by atoms with van der Waals surface area (Å²) < 4.78 is 0. The molecule has 0 amide bonds. The van der Waals surface area contributed by atoms with Crippen LogP contribution in [0.3, 0.4) is 0 Å². The average Bonchev–Trinajstić information content (AvgIpc) is 2.99. The van der Waals surface area contributed by atoms with E-state index in [0.717, 1.165) is 0 Å². The quantitative estimate of drug-likeness (QED) is 0.801. The molecule has 3 nitrogen and oxygen atoms in total. The molecule has 1 fully saturated rings. The number of likely N-dealkylation sites (N-methyl/N-ethyl adjacent to an activating group) is 1. The van der Waals surface area contributed by atoms with E-state index in [1.54, 1.807) is 0 Å². The smallest absolute Gasteiger partial charge is 0.0956 e. The number of rotatable bonds is 6. The molecule has 0 N–H and O–H groups in total. The summed E-state index contributed by atoms with van der Waals surface area (Å²) in [7, 11) is 0. The van der Waals surface area contributed by atoms with Crippen LogP contribution >= 0.6 is 11.3 Å². The van der Waals surface area contributed by atoms with E-state index in [-0.39, 0.29) is 5.54 Å². The maximum absolute atomic E-state index is 4.53. The average molecular weight is 295 g/mol. The highest BCUT2D eigenvalue weighted by Crippen LogP contribution is 2.33. The second-order valence-electron chi connectivity index (χ2n) is 6.41. The van der Waals surface area contributed by atoms with Crippen LogP contribution in [0, 0.1) is 0 Å². The van der Waals surface area contributed by atoms with E-state index < -0.39 is 0 Å². The fourth-order valence-electron chi connectivity index (χ4n) is 3.24. The van der Waals surface area contributed by atoms with Crippen molar-refractivity contribution in [3.05, 3.63) is 16.6 Å². The highest BCUT2D eigenvalue weighted by molar-refractivity contribution is 7.09. The second-order valence-corrected chi connectivity index (χ2v) is 7.34. The molecule has 20 heavy (non-hydrogen) atoms. The molecule has 0 saturated carbocycles. The monoisotopic (exact) mass is 295 g/mol. The molecule has 4 heteroatoms. The number of aromatic nitrogens is 1. The highest BCUT2D eigenvalue weighted by Gasteiger charge is 2.32. The van der Waals surface area contributed by atoms with E-state index in [9.17, 15) is 0 Å². The van der Waals surface area contributed by atoms with Gasteiger partial charge in [-0.1, -0.05) is 13.8 Å². The molecule has 0 aliphatic carbocycles. The number of hydrogen-bond acceptors (Lipinski definition) is 4. The zero-order chi connectivity index (χ0) is 14.6. The van der Waals surface area contributed by atoms with Crippen LogP contribution in [0.1, 0.15) is 51.5 Å². The Bertz CT molecular complexity index is 380. The largest absolute Gasteiger partial charge is 0.301 e. The normalized spacial score (nSPS) is 20.2. The minimum absolute atomic E-state index is 0.270. The van der Waals surface area contributed by atoms with Gasteiger partial charge in [-0.2, -0.15) is 0 Å². The van der Waals surface area contributed by atoms with Gasteiger partial charge in [-0.3, -0.25) is 4.90 Å². The summed E-state index contributed by atoms with van der Waals surface area (Å²) in [5, 5.41) is 3.41. The summed E-state index contributed by atoms with van der Waals surface area (Å²) in [6.07, 6.45) is 4.34. The van der Waals surface area contributed by atoms with Crippen molar-refractivity contribution in [1.29, 1.82) is 0 Å². The summed E-state index contributed by atoms with van der Waals surface area (Å²) in [6, 6.07) is 0. The third kappa shape index (κ3) is 3.80. The Kier molecular flexibility index (Phi) is 5.58. The molecule has 1 atom stereocenters. The molecule has 2 rings (SSSR count). The van der Waals surface area contributed by atoms with E-state index >= 15 is 0 Å². The van der Waals surface area contributed by atoms with Gasteiger partial charge in [0.2, 0.25) is 0 Å². The van der Waals surface area contributed by atoms with Crippen molar-refractivity contribution in [3.8, 4) is 0 Å². The van der Waals surface area contributed by atoms with Crippen LogP contribution in [-0.2, 0) is 0 Å². The molecule has 1 aliphatic rings. The molecule has 1 saturated heterocycles. The number of thiazole rings is 1. The summed E-state index contributed by atoms with van der Waals surface area (Å²) in [4.78, 5) is 9.76. The van der Waals surface area contributed by atoms with Gasteiger partial charge in [0.15, 0.2) is 0 Å². The second kappa shape index (κ2) is 7.01. The molecule has 1 aromatic heterocycles. The van der Waals surface area contributed by atoms with Gasteiger partial charge in [-0.15, -0.1) is 11.3 Å². The molecule has 1 aromatic rings. The van der Waals surface area contributed by atoms with Gasteiger partial charge in [0.1, 0.15) is 0 Å². The first-order chi connectivity index (χ1) is 9.56. The lowest BCUT2D eigenvalue weighted by Crippen LogP contribution is -2.54. The maximum Gasteiger partial charge on any atom is 0.0956 e. The molecule has 1 aliphatic heterocycles. The molecule has 0 aromatic carbocycles. The first-order valence-electron chi connectivity index (χ1n) is 7.93. The summed E-state index contributed by atoms with van der Waals surface area (Å²) in [5.41, 5.74) is 0.270. The number of nitrogens with zero attached hydrogens (tertiary/aromatic N) is 3. The summed E-state index contributed by atoms with van der Waals surface area (Å²) in [6.45, 7) is 15.4. The lowest BCUT2D eigenvalue weighted by molar-refractivity contribution is 0.0447. The Morgan fingerprint density at radius 1 is 1.25 bits per heavy atom. The van der Waals surface area contributed by atoms with Crippen LogP contribution in [0.15, 0.2) is 11.6 Å². The Hall–Kier alpha value is -0.450. The highest BCUT2D eigenvalue weighted by atomic mass is 32.1. The van der Waals surface area contributed by atoms with E-state index in [1.807, 2.05) is 17.5 Å². The van der Waals surface area contributed by atoms with E-state index in [4.69, 9.17) is 0 Å². The van der Waals surface area contributed by atoms with E-state index in [1.165, 1.54) is 50.6 Å². The Morgan fingerprint density at radius 2 is 1.95 bits per heavy atom. The molecule has 1 unspecified atom stereocenters. The molecule has 0 bridgehead atoms. The molecule has 0 spiro atoms. The molecule has 114 valence electrons.